The minimum Gasteiger partial charge on any atom is -0.477 e. The van der Waals surface area contributed by atoms with Gasteiger partial charge in [0, 0.05) is 19.8 Å². The summed E-state index contributed by atoms with van der Waals surface area (Å²) in [4.78, 5) is 38.6. The van der Waals surface area contributed by atoms with Crippen molar-refractivity contribution in [3.8, 4) is 0 Å². The number of ether oxygens (including phenoxy) is 6. The molecule has 0 spiro atoms. The molecule has 3 heterocycles. The zero-order valence-electron chi connectivity index (χ0n) is 58.8. The molecule has 3 fully saturated rings. The Morgan fingerprint density at radius 2 is 0.916 bits per heavy atom. The van der Waals surface area contributed by atoms with E-state index in [2.05, 4.69) is 24.5 Å². The second-order valence-electron chi connectivity index (χ2n) is 27.9. The highest BCUT2D eigenvalue weighted by Gasteiger charge is 2.60. The quantitative estimate of drug-likeness (QED) is 0.0254. The molecule has 2 amide bonds. The fraction of sp³-hybridized carbons (Fsp3) is 0.958. The van der Waals surface area contributed by atoms with E-state index in [-0.39, 0.29) is 18.9 Å². The predicted molar refractivity (Wildman–Crippen MR) is 362 cm³/mol. The molecule has 0 aromatic heterocycles. The van der Waals surface area contributed by atoms with Crippen molar-refractivity contribution >= 4 is 17.8 Å². The van der Waals surface area contributed by atoms with Crippen LogP contribution in [0.2, 0.25) is 0 Å². The van der Waals surface area contributed by atoms with Crippen molar-refractivity contribution < 1.29 is 104 Å². The van der Waals surface area contributed by atoms with Gasteiger partial charge in [0.1, 0.15) is 67.1 Å². The van der Waals surface area contributed by atoms with Crippen molar-refractivity contribution in [1.29, 1.82) is 0 Å². The summed E-state index contributed by atoms with van der Waals surface area (Å²) in [6.07, 6.45) is 22.4. The number of rotatable bonds is 59. The lowest BCUT2D eigenvalue weighted by Gasteiger charge is -2.50. The van der Waals surface area contributed by atoms with Crippen LogP contribution < -0.4 is 10.6 Å². The van der Waals surface area contributed by atoms with Gasteiger partial charge in [0.05, 0.1) is 50.7 Å². The maximum absolute atomic E-state index is 13.5. The first-order valence-corrected chi connectivity index (χ1v) is 37.9. The Labute approximate surface area is 569 Å². The van der Waals surface area contributed by atoms with Crippen LogP contribution in [0.5, 0.6) is 0 Å². The summed E-state index contributed by atoms with van der Waals surface area (Å²) in [6, 6.07) is -2.52. The van der Waals surface area contributed by atoms with Gasteiger partial charge in [0.25, 0.3) is 5.79 Å². The average Bonchev–Trinajstić information content (AvgIpc) is 0.757. The first-order chi connectivity index (χ1) is 45.9. The number of hydrogen-bond donors (Lipinski definition) is 14. The summed E-state index contributed by atoms with van der Waals surface area (Å²) in [5, 5.41) is 136. The van der Waals surface area contributed by atoms with Crippen LogP contribution in [0.3, 0.4) is 0 Å². The van der Waals surface area contributed by atoms with Gasteiger partial charge in [-0.15, -0.1) is 0 Å². The lowest BCUT2D eigenvalue weighted by molar-refractivity contribution is -0.386. The van der Waals surface area contributed by atoms with E-state index in [0.29, 0.717) is 19.3 Å². The molecular formula is C72H136N2O21. The zero-order chi connectivity index (χ0) is 69.6. The van der Waals surface area contributed by atoms with Crippen LogP contribution in [0, 0.1) is 0 Å². The van der Waals surface area contributed by atoms with Crippen molar-refractivity contribution in [2.24, 2.45) is 0 Å². The Hall–Kier alpha value is -2.27. The van der Waals surface area contributed by atoms with Crippen molar-refractivity contribution in [1.82, 2.24) is 10.6 Å². The third-order valence-electron chi connectivity index (χ3n) is 19.6. The minimum absolute atomic E-state index is 0.230. The van der Waals surface area contributed by atoms with E-state index in [0.717, 1.165) is 51.9 Å². The number of unbranched alkanes of at least 4 members (excludes halogenated alkanes) is 39. The molecule has 18 atom stereocenters. The molecule has 3 aliphatic rings. The molecule has 3 rings (SSSR count). The second kappa shape index (κ2) is 52.7. The number of aliphatic hydroxyl groups excluding tert-OH is 11. The van der Waals surface area contributed by atoms with Crippen molar-refractivity contribution in [3.63, 3.8) is 0 Å². The second-order valence-corrected chi connectivity index (χ2v) is 27.9. The van der Waals surface area contributed by atoms with Crippen LogP contribution in [0.15, 0.2) is 0 Å². The molecule has 23 nitrogen and oxygen atoms in total. The zero-order valence-corrected chi connectivity index (χ0v) is 58.8. The van der Waals surface area contributed by atoms with Gasteiger partial charge in [-0.05, 0) is 12.8 Å². The van der Waals surface area contributed by atoms with Crippen LogP contribution in [0.25, 0.3) is 0 Å². The van der Waals surface area contributed by atoms with Gasteiger partial charge in [0.15, 0.2) is 12.6 Å². The third kappa shape index (κ3) is 34.3. The van der Waals surface area contributed by atoms with Gasteiger partial charge in [0.2, 0.25) is 11.8 Å². The van der Waals surface area contributed by atoms with Gasteiger partial charge >= 0.3 is 5.97 Å². The molecule has 0 aliphatic carbocycles. The lowest BCUT2D eigenvalue weighted by Crippen LogP contribution is -2.70. The summed E-state index contributed by atoms with van der Waals surface area (Å²) < 4.78 is 34.9. The lowest BCUT2D eigenvalue weighted by atomic mass is 9.88. The Morgan fingerprint density at radius 1 is 0.505 bits per heavy atom. The Morgan fingerprint density at radius 3 is 1.32 bits per heavy atom. The number of carbonyl (C=O) groups is 3. The topological polar surface area (TPSA) is 373 Å². The summed E-state index contributed by atoms with van der Waals surface area (Å²) in [5.41, 5.74) is 0. The number of carboxylic acid groups (broad SMARTS) is 1. The van der Waals surface area contributed by atoms with Gasteiger partial charge in [-0.2, -0.15) is 0 Å². The van der Waals surface area contributed by atoms with Crippen LogP contribution in [0.1, 0.15) is 303 Å². The fourth-order valence-corrected chi connectivity index (χ4v) is 13.5. The summed E-state index contributed by atoms with van der Waals surface area (Å²) in [6.45, 7) is 2.25. The Bertz CT molecular complexity index is 1910. The number of hydrogen-bond acceptors (Lipinski definition) is 20. The maximum Gasteiger partial charge on any atom is 0.364 e. The molecule has 18 unspecified atom stereocenters. The molecule has 3 saturated heterocycles. The number of carbonyl (C=O) groups excluding carboxylic acids is 2. The Balaban J connectivity index is 1.54. The summed E-state index contributed by atoms with van der Waals surface area (Å²) in [5.74, 6) is -6.09. The molecule has 0 aromatic rings. The molecule has 95 heavy (non-hydrogen) atoms. The van der Waals surface area contributed by atoms with Crippen LogP contribution >= 0.6 is 0 Å². The predicted octanol–water partition coefficient (Wildman–Crippen LogP) is 8.46. The molecule has 14 N–H and O–H groups in total. The van der Waals surface area contributed by atoms with Crippen LogP contribution in [-0.4, -0.2) is 215 Å². The maximum atomic E-state index is 13.5. The highest BCUT2D eigenvalue weighted by Crippen LogP contribution is 2.39. The minimum atomic E-state index is -3.08. The molecular weight excluding hydrogens is 1230 g/mol. The van der Waals surface area contributed by atoms with Gasteiger partial charge in [-0.3, -0.25) is 9.59 Å². The van der Waals surface area contributed by atoms with E-state index in [1.54, 1.807) is 0 Å². The van der Waals surface area contributed by atoms with E-state index in [1.807, 2.05) is 0 Å². The normalized spacial score (nSPS) is 27.7. The van der Waals surface area contributed by atoms with E-state index >= 15 is 0 Å². The van der Waals surface area contributed by atoms with E-state index in [9.17, 15) is 75.7 Å². The number of aliphatic carboxylic acids is 1. The van der Waals surface area contributed by atoms with Crippen molar-refractivity contribution in [3.05, 3.63) is 0 Å². The number of amides is 2. The highest BCUT2D eigenvalue weighted by molar-refractivity contribution is 5.77. The number of carboxylic acids is 1. The first-order valence-electron chi connectivity index (χ1n) is 37.9. The monoisotopic (exact) mass is 1360 g/mol. The largest absolute Gasteiger partial charge is 0.477 e. The molecule has 23 heteroatoms. The Kier molecular flexibility index (Phi) is 48.2. The smallest absolute Gasteiger partial charge is 0.364 e. The molecule has 0 saturated carbocycles. The summed E-state index contributed by atoms with van der Waals surface area (Å²) >= 11 is 0. The average molecular weight is 1370 g/mol. The van der Waals surface area contributed by atoms with Gasteiger partial charge in [-0.1, -0.05) is 271 Å². The molecule has 0 radical (unpaired) electrons. The molecule has 0 bridgehead atoms. The number of aliphatic hydroxyl groups is 11. The highest BCUT2D eigenvalue weighted by atomic mass is 16.8. The van der Waals surface area contributed by atoms with E-state index < -0.39 is 148 Å². The molecule has 0 aromatic carbocycles. The molecule has 560 valence electrons. The number of nitrogens with one attached hydrogen (secondary N) is 2. The molecule has 3 aliphatic heterocycles. The van der Waals surface area contributed by atoms with E-state index in [4.69, 9.17) is 28.4 Å². The fourth-order valence-electron chi connectivity index (χ4n) is 13.5. The van der Waals surface area contributed by atoms with Crippen LogP contribution in [0.4, 0.5) is 0 Å². The third-order valence-corrected chi connectivity index (χ3v) is 19.6. The van der Waals surface area contributed by atoms with Gasteiger partial charge < -0.3 is 100 Å². The summed E-state index contributed by atoms with van der Waals surface area (Å²) in [7, 11) is 0. The van der Waals surface area contributed by atoms with Crippen molar-refractivity contribution in [2.45, 2.75) is 413 Å². The van der Waals surface area contributed by atoms with Crippen molar-refractivity contribution in [2.75, 3.05) is 26.4 Å². The SMILES string of the molecule is CCCCCCCCCCCCCCCCCCCCCCCCCC(=O)NC(COC1OC(CO)C(OC2OC(CO)C(O)C(OC3(C(=O)O)CC(O)C(NC(C)=O)C(C(O)C(O)CO)O3)C2O)C(O)C1O)C(O)CCCCCCCCCCCCCCCCCCCC. The van der Waals surface area contributed by atoms with Crippen LogP contribution in [-0.2, 0) is 42.8 Å². The standard InChI is InChI=1S/C72H136N2O21/c1-4-6-8-10-12-14-16-18-20-22-24-25-26-27-28-30-32-34-36-38-40-42-44-46-59(82)74-53(54(79)45-43-41-39-37-35-33-31-29-23-21-19-17-15-13-11-9-7-5-2)51-90-69-64(86)63(85)66(58(50-77)92-69)93-70-65(87)68(62(84)57(49-76)91-70)95-72(71(88)89)47-55(80)60(73-52(3)78)67(94-72)61(83)56(81)48-75/h53-58,60-70,75-77,79-81,83-87H,4-51H2,1-3H3,(H,73,78)(H,74,82)(H,88,89). The van der Waals surface area contributed by atoms with Gasteiger partial charge in [-0.25, -0.2) is 4.79 Å². The first kappa shape index (κ1) is 86.9. The van der Waals surface area contributed by atoms with E-state index in [1.165, 1.54) is 205 Å².